The van der Waals surface area contributed by atoms with Crippen LogP contribution in [0.1, 0.15) is 30.1 Å². The maximum atomic E-state index is 13.1. The van der Waals surface area contributed by atoms with Gasteiger partial charge in [-0.2, -0.15) is 0 Å². The number of carbonyl (C=O) groups is 3. The lowest BCUT2D eigenvalue weighted by Gasteiger charge is -2.24. The molecule has 0 fully saturated rings. The van der Waals surface area contributed by atoms with Gasteiger partial charge in [0.15, 0.2) is 5.82 Å². The van der Waals surface area contributed by atoms with Gasteiger partial charge in [-0.05, 0) is 31.2 Å². The zero-order valence-corrected chi connectivity index (χ0v) is 15.6. The van der Waals surface area contributed by atoms with Crippen LogP contribution in [0.2, 0.25) is 0 Å². The highest BCUT2D eigenvalue weighted by molar-refractivity contribution is 6.17. The number of hydrogen-bond acceptors (Lipinski definition) is 5. The lowest BCUT2D eigenvalue weighted by Crippen LogP contribution is -2.35. The van der Waals surface area contributed by atoms with Crippen molar-refractivity contribution in [1.82, 2.24) is 9.88 Å². The van der Waals surface area contributed by atoms with Gasteiger partial charge in [-0.15, -0.1) is 0 Å². The summed E-state index contributed by atoms with van der Waals surface area (Å²) in [4.78, 5) is 45.1. The first-order chi connectivity index (χ1) is 13.6. The molecule has 0 spiro atoms. The monoisotopic (exact) mass is 382 g/mol. The molecular formula is C20H22N4O4. The molecule has 3 rings (SSSR count). The molecule has 2 N–H and O–H groups in total. The minimum Gasteiger partial charge on any atom is -0.395 e. The van der Waals surface area contributed by atoms with Crippen LogP contribution in [-0.2, 0) is 9.59 Å². The van der Waals surface area contributed by atoms with Gasteiger partial charge in [-0.1, -0.05) is 12.1 Å². The second-order valence-electron chi connectivity index (χ2n) is 6.27. The number of pyridine rings is 1. The molecular weight excluding hydrogens is 360 g/mol. The van der Waals surface area contributed by atoms with Crippen LogP contribution in [0.25, 0.3) is 0 Å². The number of benzene rings is 1. The van der Waals surface area contributed by atoms with Gasteiger partial charge in [-0.25, -0.2) is 4.98 Å². The van der Waals surface area contributed by atoms with E-state index >= 15 is 0 Å². The second-order valence-corrected chi connectivity index (χ2v) is 6.27. The number of aromatic nitrogens is 1. The summed E-state index contributed by atoms with van der Waals surface area (Å²) in [5, 5.41) is 11.8. The van der Waals surface area contributed by atoms with E-state index in [0.29, 0.717) is 29.3 Å². The highest BCUT2D eigenvalue weighted by Gasteiger charge is 2.30. The summed E-state index contributed by atoms with van der Waals surface area (Å²) in [6.45, 7) is 2.39. The molecule has 0 saturated carbocycles. The van der Waals surface area contributed by atoms with Crippen LogP contribution in [0.5, 0.6) is 0 Å². The lowest BCUT2D eigenvalue weighted by atomic mass is 10.1. The molecule has 0 atom stereocenters. The molecule has 28 heavy (non-hydrogen) atoms. The summed E-state index contributed by atoms with van der Waals surface area (Å²) in [5.41, 5.74) is 1.21. The number of aliphatic hydroxyl groups excluding tert-OH is 1. The van der Waals surface area contributed by atoms with E-state index in [0.717, 1.165) is 0 Å². The first-order valence-corrected chi connectivity index (χ1v) is 9.13. The molecule has 1 aliphatic rings. The van der Waals surface area contributed by atoms with Gasteiger partial charge in [0.25, 0.3) is 5.91 Å². The molecule has 1 aromatic heterocycles. The fourth-order valence-corrected chi connectivity index (χ4v) is 3.15. The molecule has 8 nitrogen and oxygen atoms in total. The van der Waals surface area contributed by atoms with Crippen LogP contribution in [0.15, 0.2) is 42.6 Å². The standard InChI is InChI=1S/C20H22N4O4/c1-2-23(12-13-25)17(26)9-10-18(27)24-16-8-4-3-6-14(16)20(28)22-15-7-5-11-21-19(15)24/h3-8,11,25H,2,9-10,12-13H2,1H3,(H,22,28). The van der Waals surface area contributed by atoms with Crippen molar-refractivity contribution in [3.05, 3.63) is 48.2 Å². The Bertz CT molecular complexity index is 899. The predicted octanol–water partition coefficient (Wildman–Crippen LogP) is 1.93. The van der Waals surface area contributed by atoms with Gasteiger partial charge < -0.3 is 15.3 Å². The van der Waals surface area contributed by atoms with Crippen LogP contribution < -0.4 is 10.2 Å². The van der Waals surface area contributed by atoms with E-state index in [1.807, 2.05) is 6.92 Å². The normalized spacial score (nSPS) is 12.5. The molecule has 8 heteroatoms. The Morgan fingerprint density at radius 2 is 1.96 bits per heavy atom. The summed E-state index contributed by atoms with van der Waals surface area (Å²) < 4.78 is 0. The van der Waals surface area contributed by atoms with Crippen molar-refractivity contribution in [2.45, 2.75) is 19.8 Å². The Balaban J connectivity index is 1.90. The van der Waals surface area contributed by atoms with E-state index in [4.69, 9.17) is 5.11 Å². The smallest absolute Gasteiger partial charge is 0.257 e. The second kappa shape index (κ2) is 8.62. The Morgan fingerprint density at radius 1 is 1.18 bits per heavy atom. The Hall–Kier alpha value is -3.26. The van der Waals surface area contributed by atoms with Gasteiger partial charge in [0.2, 0.25) is 11.8 Å². The first kappa shape index (κ1) is 19.5. The van der Waals surface area contributed by atoms with Crippen molar-refractivity contribution in [1.29, 1.82) is 0 Å². The van der Waals surface area contributed by atoms with Crippen molar-refractivity contribution in [2.24, 2.45) is 0 Å². The molecule has 0 saturated heterocycles. The number of amides is 3. The van der Waals surface area contributed by atoms with E-state index in [9.17, 15) is 14.4 Å². The number of hydrogen-bond donors (Lipinski definition) is 2. The fourth-order valence-electron chi connectivity index (χ4n) is 3.15. The number of nitrogens with zero attached hydrogens (tertiary/aromatic N) is 3. The largest absolute Gasteiger partial charge is 0.395 e. The average Bonchev–Trinajstić information content (AvgIpc) is 2.84. The van der Waals surface area contributed by atoms with Crippen molar-refractivity contribution < 1.29 is 19.5 Å². The number of anilines is 3. The molecule has 0 aliphatic carbocycles. The van der Waals surface area contributed by atoms with Gasteiger partial charge in [-0.3, -0.25) is 19.3 Å². The van der Waals surface area contributed by atoms with Gasteiger partial charge in [0.1, 0.15) is 0 Å². The van der Waals surface area contributed by atoms with E-state index in [-0.39, 0.29) is 43.7 Å². The predicted molar refractivity (Wildman–Crippen MR) is 104 cm³/mol. The van der Waals surface area contributed by atoms with Crippen molar-refractivity contribution in [2.75, 3.05) is 29.9 Å². The topological polar surface area (TPSA) is 103 Å². The molecule has 146 valence electrons. The number of rotatable bonds is 6. The van der Waals surface area contributed by atoms with Crippen molar-refractivity contribution in [3.63, 3.8) is 0 Å². The third kappa shape index (κ3) is 3.86. The number of fused-ring (bicyclic) bond motifs is 2. The van der Waals surface area contributed by atoms with Crippen LogP contribution >= 0.6 is 0 Å². The first-order valence-electron chi connectivity index (χ1n) is 9.13. The number of aliphatic hydroxyl groups is 1. The minimum atomic E-state index is -0.336. The van der Waals surface area contributed by atoms with Crippen molar-refractivity contribution >= 4 is 34.9 Å². The van der Waals surface area contributed by atoms with Gasteiger partial charge in [0, 0.05) is 32.1 Å². The number of carbonyl (C=O) groups excluding carboxylic acids is 3. The van der Waals surface area contributed by atoms with Crippen LogP contribution in [0.3, 0.4) is 0 Å². The lowest BCUT2D eigenvalue weighted by molar-refractivity contribution is -0.133. The van der Waals surface area contributed by atoms with Crippen LogP contribution in [-0.4, -0.2) is 52.4 Å². The third-order valence-corrected chi connectivity index (χ3v) is 4.54. The summed E-state index contributed by atoms with van der Waals surface area (Å²) in [7, 11) is 0. The molecule has 0 unspecified atom stereocenters. The zero-order valence-electron chi connectivity index (χ0n) is 15.6. The quantitative estimate of drug-likeness (QED) is 0.795. The third-order valence-electron chi connectivity index (χ3n) is 4.54. The Morgan fingerprint density at radius 3 is 2.71 bits per heavy atom. The maximum Gasteiger partial charge on any atom is 0.257 e. The fraction of sp³-hybridized carbons (Fsp3) is 0.300. The minimum absolute atomic E-state index is 0.00881. The summed E-state index contributed by atoms with van der Waals surface area (Å²) in [5.74, 6) is -0.543. The van der Waals surface area contributed by atoms with Crippen LogP contribution in [0.4, 0.5) is 17.2 Å². The Kier molecular flexibility index (Phi) is 6.00. The number of nitrogens with one attached hydrogen (secondary N) is 1. The van der Waals surface area contributed by atoms with E-state index in [2.05, 4.69) is 10.3 Å². The molecule has 1 aliphatic heterocycles. The van der Waals surface area contributed by atoms with Gasteiger partial charge in [0.05, 0.1) is 23.5 Å². The summed E-state index contributed by atoms with van der Waals surface area (Å²) in [6, 6.07) is 10.1. The highest BCUT2D eigenvalue weighted by Crippen LogP contribution is 2.36. The molecule has 1 aromatic carbocycles. The molecule has 3 amide bonds. The van der Waals surface area contributed by atoms with E-state index < -0.39 is 0 Å². The number of likely N-dealkylation sites (N-methyl/N-ethyl adjacent to an activating group) is 1. The SMILES string of the molecule is CCN(CCO)C(=O)CCC(=O)N1c2ccccc2C(=O)Nc2cccnc21. The molecule has 0 radical (unpaired) electrons. The maximum absolute atomic E-state index is 13.1. The van der Waals surface area contributed by atoms with Crippen LogP contribution in [0, 0.1) is 0 Å². The summed E-state index contributed by atoms with van der Waals surface area (Å²) >= 11 is 0. The highest BCUT2D eigenvalue weighted by atomic mass is 16.3. The number of para-hydroxylation sites is 1. The Labute approximate surface area is 162 Å². The molecule has 0 bridgehead atoms. The van der Waals surface area contributed by atoms with Gasteiger partial charge >= 0.3 is 0 Å². The molecule has 2 heterocycles. The summed E-state index contributed by atoms with van der Waals surface area (Å²) in [6.07, 6.45) is 1.51. The zero-order chi connectivity index (χ0) is 20.1. The molecule has 2 aromatic rings. The van der Waals surface area contributed by atoms with E-state index in [1.54, 1.807) is 42.6 Å². The average molecular weight is 382 g/mol. The van der Waals surface area contributed by atoms with Crippen molar-refractivity contribution in [3.8, 4) is 0 Å². The van der Waals surface area contributed by atoms with E-state index in [1.165, 1.54) is 9.80 Å².